The summed E-state index contributed by atoms with van der Waals surface area (Å²) in [6, 6.07) is 3.50. The maximum atomic E-state index is 11.3. The number of carbonyl (C=O) groups is 1. The molecule has 1 aromatic heterocycles. The highest BCUT2D eigenvalue weighted by Crippen LogP contribution is 1.98. The smallest absolute Gasteiger partial charge is 0.169 e. The zero-order valence-corrected chi connectivity index (χ0v) is 6.90. The van der Waals surface area contributed by atoms with Crippen molar-refractivity contribution in [2.75, 3.05) is 7.05 Å². The van der Waals surface area contributed by atoms with Gasteiger partial charge in [-0.2, -0.15) is 0 Å². The molecule has 3 nitrogen and oxygen atoms in total. The fourth-order valence-electron chi connectivity index (χ4n) is 0.820. The molecule has 0 aliphatic rings. The van der Waals surface area contributed by atoms with Crippen molar-refractivity contribution in [2.24, 2.45) is 4.99 Å². The summed E-state index contributed by atoms with van der Waals surface area (Å²) in [6.07, 6.45) is 5.15. The van der Waals surface area contributed by atoms with E-state index in [0.29, 0.717) is 12.0 Å². The molecule has 12 heavy (non-hydrogen) atoms. The van der Waals surface area contributed by atoms with Crippen molar-refractivity contribution < 1.29 is 4.79 Å². The Bertz CT molecular complexity index is 280. The third-order valence-electron chi connectivity index (χ3n) is 1.44. The molecule has 0 atom stereocenters. The molecule has 0 saturated heterocycles. The molecule has 3 heteroatoms. The lowest BCUT2D eigenvalue weighted by Crippen LogP contribution is -1.99. The van der Waals surface area contributed by atoms with Gasteiger partial charge in [0.25, 0.3) is 0 Å². The first kappa shape index (κ1) is 8.59. The highest BCUT2D eigenvalue weighted by Gasteiger charge is 2.01. The van der Waals surface area contributed by atoms with Gasteiger partial charge in [0.1, 0.15) is 0 Å². The number of hydrogen-bond acceptors (Lipinski definition) is 3. The van der Waals surface area contributed by atoms with E-state index in [2.05, 4.69) is 9.98 Å². The second kappa shape index (κ2) is 4.38. The SMILES string of the molecule is CN=CCC(=O)c1cccnc1. The van der Waals surface area contributed by atoms with Gasteiger partial charge in [0, 0.05) is 37.6 Å². The van der Waals surface area contributed by atoms with Gasteiger partial charge in [-0.1, -0.05) is 0 Å². The number of aliphatic imine (C=N–C) groups is 1. The monoisotopic (exact) mass is 162 g/mol. The summed E-state index contributed by atoms with van der Waals surface area (Å²) >= 11 is 0. The third-order valence-corrected chi connectivity index (χ3v) is 1.44. The van der Waals surface area contributed by atoms with Crippen molar-refractivity contribution in [1.82, 2.24) is 4.98 Å². The van der Waals surface area contributed by atoms with Gasteiger partial charge in [0.15, 0.2) is 5.78 Å². The molecule has 0 spiro atoms. The third kappa shape index (κ3) is 2.27. The van der Waals surface area contributed by atoms with Gasteiger partial charge in [0.2, 0.25) is 0 Å². The number of hydrogen-bond donors (Lipinski definition) is 0. The van der Waals surface area contributed by atoms with Gasteiger partial charge < -0.3 is 4.99 Å². The van der Waals surface area contributed by atoms with E-state index in [9.17, 15) is 4.79 Å². The Balaban J connectivity index is 2.66. The average Bonchev–Trinajstić information content (AvgIpc) is 2.15. The normalized spacial score (nSPS) is 10.4. The van der Waals surface area contributed by atoms with Crippen LogP contribution < -0.4 is 0 Å². The standard InChI is InChI=1S/C9H10N2O/c1-10-6-4-9(12)8-3-2-5-11-7-8/h2-3,5-7H,4H2,1H3. The molecule has 1 rings (SSSR count). The molecule has 0 bridgehead atoms. The van der Waals surface area contributed by atoms with Crippen LogP contribution in [0.3, 0.4) is 0 Å². The number of aromatic nitrogens is 1. The predicted molar refractivity (Wildman–Crippen MR) is 47.6 cm³/mol. The van der Waals surface area contributed by atoms with Gasteiger partial charge in [-0.15, -0.1) is 0 Å². The molecular weight excluding hydrogens is 152 g/mol. The average molecular weight is 162 g/mol. The van der Waals surface area contributed by atoms with Crippen molar-refractivity contribution >= 4 is 12.0 Å². The van der Waals surface area contributed by atoms with E-state index in [1.165, 1.54) is 0 Å². The van der Waals surface area contributed by atoms with E-state index < -0.39 is 0 Å². The highest BCUT2D eigenvalue weighted by atomic mass is 16.1. The van der Waals surface area contributed by atoms with Crippen LogP contribution in [0.25, 0.3) is 0 Å². The Labute approximate surface area is 71.2 Å². The molecule has 0 saturated carbocycles. The number of pyridine rings is 1. The summed E-state index contributed by atoms with van der Waals surface area (Å²) in [6.45, 7) is 0. The lowest BCUT2D eigenvalue weighted by Gasteiger charge is -1.93. The van der Waals surface area contributed by atoms with Crippen molar-refractivity contribution in [3.05, 3.63) is 30.1 Å². The summed E-state index contributed by atoms with van der Waals surface area (Å²) in [4.78, 5) is 18.9. The number of carbonyl (C=O) groups excluding carboxylic acids is 1. The van der Waals surface area contributed by atoms with Crippen LogP contribution in [-0.2, 0) is 0 Å². The minimum absolute atomic E-state index is 0.0497. The summed E-state index contributed by atoms with van der Waals surface area (Å²) in [7, 11) is 1.65. The molecule has 0 fully saturated rings. The summed E-state index contributed by atoms with van der Waals surface area (Å²) < 4.78 is 0. The maximum absolute atomic E-state index is 11.3. The van der Waals surface area contributed by atoms with Crippen molar-refractivity contribution in [3.8, 4) is 0 Å². The number of ketones is 1. The second-order valence-corrected chi connectivity index (χ2v) is 2.31. The number of Topliss-reactive ketones (excluding diaryl/α,β-unsaturated/α-hetero) is 1. The Hall–Kier alpha value is -1.51. The lowest BCUT2D eigenvalue weighted by molar-refractivity contribution is 0.100. The van der Waals surface area contributed by atoms with Gasteiger partial charge in [-0.25, -0.2) is 0 Å². The van der Waals surface area contributed by atoms with Crippen LogP contribution in [0.1, 0.15) is 16.8 Å². The van der Waals surface area contributed by atoms with Crippen LogP contribution in [0, 0.1) is 0 Å². The van der Waals surface area contributed by atoms with Crippen LogP contribution in [0.15, 0.2) is 29.5 Å². The predicted octanol–water partition coefficient (Wildman–Crippen LogP) is 1.35. The van der Waals surface area contributed by atoms with Crippen LogP contribution in [-0.4, -0.2) is 24.0 Å². The first-order valence-corrected chi connectivity index (χ1v) is 3.68. The van der Waals surface area contributed by atoms with Gasteiger partial charge >= 0.3 is 0 Å². The van der Waals surface area contributed by atoms with Crippen LogP contribution in [0.4, 0.5) is 0 Å². The largest absolute Gasteiger partial charge is 0.300 e. The lowest BCUT2D eigenvalue weighted by atomic mass is 10.1. The van der Waals surface area contributed by atoms with E-state index in [4.69, 9.17) is 0 Å². The fourth-order valence-corrected chi connectivity index (χ4v) is 0.820. The van der Waals surface area contributed by atoms with Crippen LogP contribution in [0.2, 0.25) is 0 Å². The van der Waals surface area contributed by atoms with Gasteiger partial charge in [-0.3, -0.25) is 9.78 Å². The molecule has 0 aromatic carbocycles. The van der Waals surface area contributed by atoms with Gasteiger partial charge in [0.05, 0.1) is 0 Å². The molecule has 0 aliphatic heterocycles. The molecule has 1 heterocycles. The minimum Gasteiger partial charge on any atom is -0.300 e. The number of rotatable bonds is 3. The Morgan fingerprint density at radius 1 is 1.75 bits per heavy atom. The Morgan fingerprint density at radius 3 is 3.17 bits per heavy atom. The molecule has 0 amide bonds. The first-order chi connectivity index (χ1) is 5.84. The summed E-state index contributed by atoms with van der Waals surface area (Å²) in [5, 5.41) is 0. The Morgan fingerprint density at radius 2 is 2.58 bits per heavy atom. The second-order valence-electron chi connectivity index (χ2n) is 2.31. The van der Waals surface area contributed by atoms with Crippen molar-refractivity contribution in [3.63, 3.8) is 0 Å². The fraction of sp³-hybridized carbons (Fsp3) is 0.222. The first-order valence-electron chi connectivity index (χ1n) is 3.68. The summed E-state index contributed by atoms with van der Waals surface area (Å²) in [5.74, 6) is 0.0497. The molecule has 0 radical (unpaired) electrons. The van der Waals surface area contributed by atoms with E-state index in [1.807, 2.05) is 0 Å². The number of nitrogens with zero attached hydrogens (tertiary/aromatic N) is 2. The summed E-state index contributed by atoms with van der Waals surface area (Å²) in [5.41, 5.74) is 0.636. The van der Waals surface area contributed by atoms with E-state index in [0.717, 1.165) is 0 Å². The minimum atomic E-state index is 0.0497. The molecule has 0 N–H and O–H groups in total. The topological polar surface area (TPSA) is 42.3 Å². The highest BCUT2D eigenvalue weighted by molar-refractivity contribution is 6.03. The van der Waals surface area contributed by atoms with Gasteiger partial charge in [-0.05, 0) is 12.1 Å². The molecular formula is C9H10N2O. The molecule has 0 aliphatic carbocycles. The molecule has 0 unspecified atom stereocenters. The van der Waals surface area contributed by atoms with Crippen LogP contribution >= 0.6 is 0 Å². The van der Waals surface area contributed by atoms with E-state index in [1.54, 1.807) is 37.8 Å². The zero-order chi connectivity index (χ0) is 8.81. The Kier molecular flexibility index (Phi) is 3.14. The van der Waals surface area contributed by atoms with E-state index >= 15 is 0 Å². The zero-order valence-electron chi connectivity index (χ0n) is 6.90. The molecule has 62 valence electrons. The van der Waals surface area contributed by atoms with E-state index in [-0.39, 0.29) is 5.78 Å². The maximum Gasteiger partial charge on any atom is 0.169 e. The quantitative estimate of drug-likeness (QED) is 0.497. The van der Waals surface area contributed by atoms with Crippen molar-refractivity contribution in [2.45, 2.75) is 6.42 Å². The molecule has 1 aromatic rings. The van der Waals surface area contributed by atoms with Crippen molar-refractivity contribution in [1.29, 1.82) is 0 Å². The van der Waals surface area contributed by atoms with Crippen LogP contribution in [0.5, 0.6) is 0 Å².